The van der Waals surface area contributed by atoms with Gasteiger partial charge in [0.05, 0.1) is 6.21 Å². The zero-order valence-corrected chi connectivity index (χ0v) is 9.14. The Kier molecular flexibility index (Phi) is 4.70. The minimum atomic E-state index is -0.308. The van der Waals surface area contributed by atoms with E-state index < -0.39 is 0 Å². The minimum absolute atomic E-state index is 0.308. The van der Waals surface area contributed by atoms with Gasteiger partial charge in [-0.05, 0) is 25.2 Å². The third kappa shape index (κ3) is 4.03. The van der Waals surface area contributed by atoms with Crippen molar-refractivity contribution in [3.05, 3.63) is 35.6 Å². The molecule has 0 spiro atoms. The molecule has 0 saturated heterocycles. The molecule has 2 N–H and O–H groups in total. The summed E-state index contributed by atoms with van der Waals surface area (Å²) >= 11 is 4.87. The van der Waals surface area contributed by atoms with E-state index in [2.05, 4.69) is 15.8 Å². The Morgan fingerprint density at radius 2 is 2.27 bits per heavy atom. The molecule has 0 saturated carbocycles. The topological polar surface area (TPSA) is 36.4 Å². The molecule has 0 aliphatic carbocycles. The van der Waals surface area contributed by atoms with Gasteiger partial charge in [-0.2, -0.15) is 5.10 Å². The Hall–Kier alpha value is -1.49. The number of halogens is 1. The van der Waals surface area contributed by atoms with Crippen LogP contribution in [0.4, 0.5) is 4.39 Å². The highest BCUT2D eigenvalue weighted by molar-refractivity contribution is 7.80. The van der Waals surface area contributed by atoms with Gasteiger partial charge in [0.15, 0.2) is 5.11 Å². The third-order valence-corrected chi connectivity index (χ3v) is 1.85. The summed E-state index contributed by atoms with van der Waals surface area (Å²) in [7, 11) is 0. The van der Waals surface area contributed by atoms with Gasteiger partial charge in [0, 0.05) is 12.1 Å². The van der Waals surface area contributed by atoms with Crippen LogP contribution in [-0.4, -0.2) is 17.9 Å². The lowest BCUT2D eigenvalue weighted by Gasteiger charge is -2.02. The van der Waals surface area contributed by atoms with Gasteiger partial charge in [0.1, 0.15) is 5.82 Å². The van der Waals surface area contributed by atoms with Crippen LogP contribution in [0.2, 0.25) is 0 Å². The molecular formula is C10H12FN3S. The van der Waals surface area contributed by atoms with Crippen LogP contribution < -0.4 is 10.7 Å². The predicted octanol–water partition coefficient (Wildman–Crippen LogP) is 1.64. The number of rotatable bonds is 3. The van der Waals surface area contributed by atoms with Crippen LogP contribution in [0.25, 0.3) is 0 Å². The molecule has 1 aromatic carbocycles. The number of nitrogens with zero attached hydrogens (tertiary/aromatic N) is 1. The molecular weight excluding hydrogens is 213 g/mol. The molecule has 1 rings (SSSR count). The van der Waals surface area contributed by atoms with Crippen LogP contribution in [0.1, 0.15) is 12.5 Å². The molecule has 0 amide bonds. The maximum atomic E-state index is 13.1. The van der Waals surface area contributed by atoms with Crippen LogP contribution in [0.15, 0.2) is 29.4 Å². The van der Waals surface area contributed by atoms with E-state index in [0.717, 1.165) is 6.54 Å². The summed E-state index contributed by atoms with van der Waals surface area (Å²) in [4.78, 5) is 0. The summed E-state index contributed by atoms with van der Waals surface area (Å²) in [6, 6.07) is 6.39. The SMILES string of the molecule is CCNC(=S)NN=Cc1ccccc1F. The number of thiocarbonyl (C=S) groups is 1. The standard InChI is InChI=1S/C10H12FN3S/c1-2-12-10(15)14-13-7-8-5-3-4-6-9(8)11/h3-7H,2H2,1H3,(H2,12,14,15). The average Bonchev–Trinajstić information content (AvgIpc) is 2.21. The molecule has 0 aliphatic rings. The van der Waals surface area contributed by atoms with E-state index >= 15 is 0 Å². The second-order valence-corrected chi connectivity index (χ2v) is 3.16. The molecule has 0 aliphatic heterocycles. The molecule has 3 nitrogen and oxygen atoms in total. The van der Waals surface area contributed by atoms with E-state index in [1.165, 1.54) is 12.3 Å². The van der Waals surface area contributed by atoms with Crippen molar-refractivity contribution < 1.29 is 4.39 Å². The van der Waals surface area contributed by atoms with E-state index in [1.54, 1.807) is 18.2 Å². The monoisotopic (exact) mass is 225 g/mol. The molecule has 1 aromatic rings. The summed E-state index contributed by atoms with van der Waals surface area (Å²) in [5, 5.41) is 7.08. The van der Waals surface area contributed by atoms with Gasteiger partial charge in [0.25, 0.3) is 0 Å². The van der Waals surface area contributed by atoms with Crippen molar-refractivity contribution in [3.8, 4) is 0 Å². The lowest BCUT2D eigenvalue weighted by atomic mass is 10.2. The Labute approximate surface area is 93.4 Å². The third-order valence-electron chi connectivity index (χ3n) is 1.61. The quantitative estimate of drug-likeness (QED) is 0.466. The average molecular weight is 225 g/mol. The molecule has 0 heterocycles. The fraction of sp³-hybridized carbons (Fsp3) is 0.200. The first-order valence-electron chi connectivity index (χ1n) is 4.55. The normalized spacial score (nSPS) is 10.3. The van der Waals surface area contributed by atoms with E-state index in [-0.39, 0.29) is 5.82 Å². The Bertz CT molecular complexity index is 365. The highest BCUT2D eigenvalue weighted by atomic mass is 32.1. The predicted molar refractivity (Wildman–Crippen MR) is 63.4 cm³/mol. The van der Waals surface area contributed by atoms with Crippen LogP contribution in [0.3, 0.4) is 0 Å². The lowest BCUT2D eigenvalue weighted by molar-refractivity contribution is 0.626. The fourth-order valence-electron chi connectivity index (χ4n) is 0.940. The van der Waals surface area contributed by atoms with Crippen molar-refractivity contribution in [1.82, 2.24) is 10.7 Å². The van der Waals surface area contributed by atoms with Crippen LogP contribution >= 0.6 is 12.2 Å². The van der Waals surface area contributed by atoms with Crippen molar-refractivity contribution in [3.63, 3.8) is 0 Å². The van der Waals surface area contributed by atoms with Gasteiger partial charge in [-0.25, -0.2) is 4.39 Å². The number of hydrogen-bond acceptors (Lipinski definition) is 2. The molecule has 0 radical (unpaired) electrons. The van der Waals surface area contributed by atoms with Gasteiger partial charge < -0.3 is 5.32 Å². The zero-order chi connectivity index (χ0) is 11.1. The second-order valence-electron chi connectivity index (χ2n) is 2.75. The molecule has 0 bridgehead atoms. The summed E-state index contributed by atoms with van der Waals surface area (Å²) in [6.07, 6.45) is 1.39. The summed E-state index contributed by atoms with van der Waals surface area (Å²) in [5.41, 5.74) is 3.00. The number of nitrogens with one attached hydrogen (secondary N) is 2. The molecule has 15 heavy (non-hydrogen) atoms. The van der Waals surface area contributed by atoms with Crippen molar-refractivity contribution in [1.29, 1.82) is 0 Å². The smallest absolute Gasteiger partial charge is 0.186 e. The van der Waals surface area contributed by atoms with Gasteiger partial charge in [-0.1, -0.05) is 18.2 Å². The van der Waals surface area contributed by atoms with Gasteiger partial charge in [0.2, 0.25) is 0 Å². The van der Waals surface area contributed by atoms with Crippen molar-refractivity contribution in [2.24, 2.45) is 5.10 Å². The Morgan fingerprint density at radius 1 is 1.53 bits per heavy atom. The molecule has 0 fully saturated rings. The van der Waals surface area contributed by atoms with E-state index in [9.17, 15) is 4.39 Å². The second kappa shape index (κ2) is 6.08. The van der Waals surface area contributed by atoms with Crippen LogP contribution in [0, 0.1) is 5.82 Å². The molecule has 5 heteroatoms. The van der Waals surface area contributed by atoms with Gasteiger partial charge >= 0.3 is 0 Å². The maximum absolute atomic E-state index is 13.1. The van der Waals surface area contributed by atoms with Crippen LogP contribution in [-0.2, 0) is 0 Å². The highest BCUT2D eigenvalue weighted by Gasteiger charge is 1.95. The van der Waals surface area contributed by atoms with E-state index in [0.29, 0.717) is 10.7 Å². The largest absolute Gasteiger partial charge is 0.362 e. The number of hydrogen-bond donors (Lipinski definition) is 2. The molecule has 0 aromatic heterocycles. The molecule has 80 valence electrons. The van der Waals surface area contributed by atoms with Gasteiger partial charge in [-0.3, -0.25) is 5.43 Å². The number of hydrazone groups is 1. The van der Waals surface area contributed by atoms with Crippen LogP contribution in [0.5, 0.6) is 0 Å². The molecule has 0 atom stereocenters. The van der Waals surface area contributed by atoms with E-state index in [1.807, 2.05) is 6.92 Å². The van der Waals surface area contributed by atoms with Crippen molar-refractivity contribution in [2.75, 3.05) is 6.54 Å². The van der Waals surface area contributed by atoms with E-state index in [4.69, 9.17) is 12.2 Å². The van der Waals surface area contributed by atoms with Crippen molar-refractivity contribution in [2.45, 2.75) is 6.92 Å². The Morgan fingerprint density at radius 3 is 2.93 bits per heavy atom. The first-order chi connectivity index (χ1) is 7.24. The summed E-state index contributed by atoms with van der Waals surface area (Å²) in [6.45, 7) is 2.65. The minimum Gasteiger partial charge on any atom is -0.362 e. The first-order valence-corrected chi connectivity index (χ1v) is 4.96. The first kappa shape index (κ1) is 11.6. The Balaban J connectivity index is 2.52. The zero-order valence-electron chi connectivity index (χ0n) is 8.33. The molecule has 0 unspecified atom stereocenters. The van der Waals surface area contributed by atoms with Gasteiger partial charge in [-0.15, -0.1) is 0 Å². The summed E-state index contributed by atoms with van der Waals surface area (Å²) < 4.78 is 13.1. The summed E-state index contributed by atoms with van der Waals surface area (Å²) in [5.74, 6) is -0.308. The number of benzene rings is 1. The highest BCUT2D eigenvalue weighted by Crippen LogP contribution is 2.02. The lowest BCUT2D eigenvalue weighted by Crippen LogP contribution is -2.31. The fourth-order valence-corrected chi connectivity index (χ4v) is 1.14. The maximum Gasteiger partial charge on any atom is 0.186 e. The van der Waals surface area contributed by atoms with Crippen molar-refractivity contribution >= 4 is 23.5 Å².